The van der Waals surface area contributed by atoms with E-state index in [1.165, 1.54) is 30.3 Å². The number of ether oxygens (including phenoxy) is 1. The molecule has 0 bridgehead atoms. The number of hydrogen-bond acceptors (Lipinski definition) is 2. The Morgan fingerprint density at radius 3 is 1.93 bits per heavy atom. The highest BCUT2D eigenvalue weighted by Crippen LogP contribution is 2.40. The third-order valence-electron chi connectivity index (χ3n) is 8.63. The smallest absolute Gasteiger partial charge is 0.313 e. The number of hydrogen-bond donors (Lipinski definition) is 0. The second-order valence-corrected chi connectivity index (χ2v) is 13.1. The third kappa shape index (κ3) is 8.17. The van der Waals surface area contributed by atoms with Crippen molar-refractivity contribution in [1.29, 1.82) is 0 Å². The maximum atomic E-state index is 15.1. The number of halogens is 5. The first kappa shape index (κ1) is 33.2. The molecule has 238 valence electrons. The van der Waals surface area contributed by atoms with Gasteiger partial charge in [-0.25, -0.2) is 13.2 Å². The van der Waals surface area contributed by atoms with Gasteiger partial charge in [-0.15, -0.1) is 11.8 Å². The molecule has 0 saturated heterocycles. The maximum Gasteiger partial charge on any atom is 0.383 e. The van der Waals surface area contributed by atoms with Gasteiger partial charge < -0.3 is 4.74 Å². The van der Waals surface area contributed by atoms with Crippen LogP contribution in [0.2, 0.25) is 0 Å². The van der Waals surface area contributed by atoms with Crippen LogP contribution in [0.15, 0.2) is 83.8 Å². The highest BCUT2D eigenvalue weighted by Gasteiger charge is 2.37. The molecule has 0 atom stereocenters. The molecule has 0 spiro atoms. The molecule has 4 aromatic carbocycles. The fourth-order valence-electron chi connectivity index (χ4n) is 6.11. The van der Waals surface area contributed by atoms with Crippen molar-refractivity contribution in [3.05, 3.63) is 113 Å². The van der Waals surface area contributed by atoms with Crippen LogP contribution >= 0.6 is 11.8 Å². The first-order valence-electron chi connectivity index (χ1n) is 15.9. The summed E-state index contributed by atoms with van der Waals surface area (Å²) in [5.74, 6) is -1.21. The molecule has 5 rings (SSSR count). The van der Waals surface area contributed by atoms with Crippen molar-refractivity contribution in [1.82, 2.24) is 0 Å². The van der Waals surface area contributed by atoms with Gasteiger partial charge in [0, 0.05) is 5.56 Å². The average Bonchev–Trinajstić information content (AvgIpc) is 3.03. The number of aryl methyl sites for hydroxylation is 1. The Morgan fingerprint density at radius 1 is 0.711 bits per heavy atom. The first-order chi connectivity index (χ1) is 21.7. The minimum atomic E-state index is -3.33. The summed E-state index contributed by atoms with van der Waals surface area (Å²) in [5.41, 5.74) is 3.81. The van der Waals surface area contributed by atoms with Crippen molar-refractivity contribution in [3.63, 3.8) is 0 Å². The summed E-state index contributed by atoms with van der Waals surface area (Å²) in [6, 6.07) is 21.3. The van der Waals surface area contributed by atoms with Gasteiger partial charge in [0.15, 0.2) is 0 Å². The maximum absolute atomic E-state index is 15.1. The fraction of sp³-hybridized carbons (Fsp3) is 0.368. The Bertz CT molecular complexity index is 1540. The predicted octanol–water partition coefficient (Wildman–Crippen LogP) is 12.1. The Morgan fingerprint density at radius 2 is 1.33 bits per heavy atom. The van der Waals surface area contributed by atoms with E-state index in [1.807, 2.05) is 31.2 Å². The summed E-state index contributed by atoms with van der Waals surface area (Å²) in [5, 5.41) is 0. The van der Waals surface area contributed by atoms with E-state index in [4.69, 9.17) is 4.74 Å². The third-order valence-corrected chi connectivity index (χ3v) is 9.60. The molecule has 4 aromatic rings. The van der Waals surface area contributed by atoms with Gasteiger partial charge in [-0.1, -0.05) is 87.4 Å². The molecule has 1 aliphatic rings. The van der Waals surface area contributed by atoms with Gasteiger partial charge in [0.1, 0.15) is 17.5 Å². The SMILES string of the molecule is CCCCCc1ccc(C(F)(F)OC2CCC(c3ccc(-c4ccc(-c5cc(F)c(SCC)c(F)c5)c(F)c4)cc3)CC2)cc1. The summed E-state index contributed by atoms with van der Waals surface area (Å²) in [7, 11) is 0. The van der Waals surface area contributed by atoms with Gasteiger partial charge >= 0.3 is 6.11 Å². The lowest BCUT2D eigenvalue weighted by Crippen LogP contribution is -2.29. The summed E-state index contributed by atoms with van der Waals surface area (Å²) in [6.45, 7) is 3.95. The van der Waals surface area contributed by atoms with Crippen LogP contribution in [-0.4, -0.2) is 11.9 Å². The van der Waals surface area contributed by atoms with Gasteiger partial charge in [0.05, 0.1) is 16.6 Å². The van der Waals surface area contributed by atoms with E-state index in [0.29, 0.717) is 24.2 Å². The molecule has 1 saturated carbocycles. The predicted molar refractivity (Wildman–Crippen MR) is 173 cm³/mol. The van der Waals surface area contributed by atoms with E-state index in [0.717, 1.165) is 67.0 Å². The fourth-order valence-corrected chi connectivity index (χ4v) is 6.79. The van der Waals surface area contributed by atoms with Gasteiger partial charge in [-0.3, -0.25) is 0 Å². The topological polar surface area (TPSA) is 9.23 Å². The lowest BCUT2D eigenvalue weighted by Gasteiger charge is -2.31. The largest absolute Gasteiger partial charge is 0.383 e. The van der Waals surface area contributed by atoms with E-state index < -0.39 is 29.7 Å². The van der Waals surface area contributed by atoms with E-state index in [9.17, 15) is 17.6 Å². The van der Waals surface area contributed by atoms with Crippen molar-refractivity contribution in [2.75, 3.05) is 5.75 Å². The van der Waals surface area contributed by atoms with Crippen molar-refractivity contribution >= 4 is 11.8 Å². The minimum absolute atomic E-state index is 0.0593. The Kier molecular flexibility index (Phi) is 11.0. The highest BCUT2D eigenvalue weighted by atomic mass is 32.2. The molecule has 0 heterocycles. The van der Waals surface area contributed by atoms with Crippen LogP contribution in [0.5, 0.6) is 0 Å². The van der Waals surface area contributed by atoms with Gasteiger partial charge in [-0.05, 0) is 96.2 Å². The van der Waals surface area contributed by atoms with Crippen LogP contribution in [0, 0.1) is 17.5 Å². The molecule has 0 unspecified atom stereocenters. The van der Waals surface area contributed by atoms with E-state index >= 15 is 4.39 Å². The standard InChI is InChI=1S/C38H39F5OS/c1-3-5-6-7-25-8-17-31(18-9-25)38(42,43)44-32-19-14-27(15-20-32)26-10-12-28(13-11-26)29-16-21-33(34(39)22-29)30-23-35(40)37(45-4-2)36(41)24-30/h8-13,16-18,21-24,27,32H,3-7,14-15,19-20H2,1-2H3. The zero-order valence-corrected chi connectivity index (χ0v) is 26.5. The Hall–Kier alpha value is -3.16. The second kappa shape index (κ2) is 15.0. The zero-order valence-electron chi connectivity index (χ0n) is 25.7. The number of thioether (sulfide) groups is 1. The van der Waals surface area contributed by atoms with Gasteiger partial charge in [0.25, 0.3) is 0 Å². The minimum Gasteiger partial charge on any atom is -0.313 e. The molecule has 0 aliphatic heterocycles. The molecule has 0 amide bonds. The van der Waals surface area contributed by atoms with Crippen LogP contribution < -0.4 is 0 Å². The summed E-state index contributed by atoms with van der Waals surface area (Å²) in [4.78, 5) is -0.0593. The lowest BCUT2D eigenvalue weighted by molar-refractivity contribution is -0.277. The van der Waals surface area contributed by atoms with E-state index in [-0.39, 0.29) is 27.5 Å². The summed E-state index contributed by atoms with van der Waals surface area (Å²) in [6.07, 6.45) is 2.93. The van der Waals surface area contributed by atoms with Crippen LogP contribution in [0.3, 0.4) is 0 Å². The zero-order chi connectivity index (χ0) is 32.0. The van der Waals surface area contributed by atoms with Crippen LogP contribution in [0.4, 0.5) is 22.0 Å². The number of rotatable bonds is 12. The second-order valence-electron chi connectivity index (χ2n) is 11.8. The lowest BCUT2D eigenvalue weighted by atomic mass is 9.82. The van der Waals surface area contributed by atoms with E-state index in [1.54, 1.807) is 24.3 Å². The van der Waals surface area contributed by atoms with Crippen molar-refractivity contribution in [2.24, 2.45) is 0 Å². The molecular weight excluding hydrogens is 599 g/mol. The summed E-state index contributed by atoms with van der Waals surface area (Å²) >= 11 is 1.07. The van der Waals surface area contributed by atoms with Crippen LogP contribution in [0.25, 0.3) is 22.3 Å². The monoisotopic (exact) mass is 638 g/mol. The highest BCUT2D eigenvalue weighted by molar-refractivity contribution is 7.99. The number of benzene rings is 4. The quantitative estimate of drug-likeness (QED) is 0.0867. The molecular formula is C38H39F5OS. The average molecular weight is 639 g/mol. The normalized spacial score (nSPS) is 17.0. The Labute approximate surface area is 267 Å². The van der Waals surface area contributed by atoms with Crippen molar-refractivity contribution < 1.29 is 26.7 Å². The van der Waals surface area contributed by atoms with Crippen LogP contribution in [-0.2, 0) is 17.3 Å². The Balaban J connectivity index is 1.17. The number of unbranched alkanes of at least 4 members (excludes halogenated alkanes) is 2. The van der Waals surface area contributed by atoms with Gasteiger partial charge in [0.2, 0.25) is 0 Å². The molecule has 45 heavy (non-hydrogen) atoms. The molecule has 0 N–H and O–H groups in total. The van der Waals surface area contributed by atoms with E-state index in [2.05, 4.69) is 6.92 Å². The molecule has 0 radical (unpaired) electrons. The van der Waals surface area contributed by atoms with Crippen molar-refractivity contribution in [3.8, 4) is 22.3 Å². The molecule has 1 fully saturated rings. The summed E-state index contributed by atoms with van der Waals surface area (Å²) < 4.78 is 79.3. The number of alkyl halides is 2. The van der Waals surface area contributed by atoms with Crippen LogP contribution in [0.1, 0.15) is 81.4 Å². The first-order valence-corrected chi connectivity index (χ1v) is 16.8. The molecule has 7 heteroatoms. The molecule has 1 aliphatic carbocycles. The van der Waals surface area contributed by atoms with Crippen molar-refractivity contribution in [2.45, 2.75) is 88.2 Å². The molecule has 1 nitrogen and oxygen atoms in total. The molecule has 0 aromatic heterocycles. The van der Waals surface area contributed by atoms with Gasteiger partial charge in [-0.2, -0.15) is 8.78 Å².